The van der Waals surface area contributed by atoms with Crippen molar-refractivity contribution in [1.29, 1.82) is 0 Å². The van der Waals surface area contributed by atoms with Crippen molar-refractivity contribution in [1.82, 2.24) is 5.43 Å². The zero-order chi connectivity index (χ0) is 20.8. The first kappa shape index (κ1) is 21.0. The molecule has 0 aliphatic heterocycles. The van der Waals surface area contributed by atoms with Gasteiger partial charge in [-0.25, -0.2) is 4.79 Å². The zero-order valence-corrected chi connectivity index (χ0v) is 17.6. The molecule has 0 aliphatic carbocycles. The summed E-state index contributed by atoms with van der Waals surface area (Å²) in [6, 6.07) is 13.0. The fourth-order valence-electron chi connectivity index (χ4n) is 2.83. The number of hydrazone groups is 1. The molecule has 0 atom stereocenters. The number of ether oxygens (including phenoxy) is 1. The van der Waals surface area contributed by atoms with Crippen LogP contribution in [0.1, 0.15) is 19.4 Å². The van der Waals surface area contributed by atoms with E-state index in [0.29, 0.717) is 27.9 Å². The molecule has 2 aromatic carbocycles. The number of fused-ring (bicyclic) bond motifs is 1. The summed E-state index contributed by atoms with van der Waals surface area (Å²) in [5.41, 5.74) is 5.36. The fraction of sp³-hybridized carbons (Fsp3) is 0.182. The lowest BCUT2D eigenvalue weighted by molar-refractivity contribution is -0.134. The largest absolute Gasteiger partial charge is 0.461 e. The number of hydrogen-bond donors (Lipinski definition) is 1. The third-order valence-electron chi connectivity index (χ3n) is 4.08. The maximum absolute atomic E-state index is 11.9. The Bertz CT molecular complexity index is 1090. The molecular weight excluding hydrogens is 411 g/mol. The van der Waals surface area contributed by atoms with Crippen LogP contribution in [0.2, 0.25) is 10.0 Å². The highest BCUT2D eigenvalue weighted by molar-refractivity contribution is 6.41. The number of carbonyl (C=O) groups is 1. The second kappa shape index (κ2) is 9.63. The van der Waals surface area contributed by atoms with Gasteiger partial charge in [-0.15, -0.1) is 0 Å². The molecule has 3 aromatic rings. The quantitative estimate of drug-likeness (QED) is 0.284. The molecule has 29 heavy (non-hydrogen) atoms. The van der Waals surface area contributed by atoms with E-state index in [9.17, 15) is 4.79 Å². The molecule has 1 heterocycles. The molecule has 0 saturated carbocycles. The van der Waals surface area contributed by atoms with E-state index in [4.69, 9.17) is 32.4 Å². The number of allylic oxidation sites excluding steroid dienone is 1. The third-order valence-corrected chi connectivity index (χ3v) is 4.62. The molecule has 0 spiro atoms. The minimum absolute atomic E-state index is 0.184. The van der Waals surface area contributed by atoms with Gasteiger partial charge in [0.05, 0.1) is 18.2 Å². The Kier molecular flexibility index (Phi) is 6.96. The summed E-state index contributed by atoms with van der Waals surface area (Å²) in [5.74, 6) is 0.159. The van der Waals surface area contributed by atoms with E-state index >= 15 is 0 Å². The second-order valence-electron chi connectivity index (χ2n) is 6.13. The van der Waals surface area contributed by atoms with E-state index in [1.165, 1.54) is 0 Å². The van der Waals surface area contributed by atoms with Crippen LogP contribution in [0.25, 0.3) is 22.3 Å². The van der Waals surface area contributed by atoms with E-state index in [-0.39, 0.29) is 12.3 Å². The first-order valence-corrected chi connectivity index (χ1v) is 9.86. The molecule has 150 valence electrons. The van der Waals surface area contributed by atoms with Crippen molar-refractivity contribution in [3.05, 3.63) is 70.2 Å². The lowest BCUT2D eigenvalue weighted by Gasteiger charge is -2.06. The van der Waals surface area contributed by atoms with Crippen LogP contribution in [-0.2, 0) is 16.1 Å². The van der Waals surface area contributed by atoms with Crippen molar-refractivity contribution in [2.75, 3.05) is 6.61 Å². The van der Waals surface area contributed by atoms with Gasteiger partial charge in [-0.3, -0.25) is 0 Å². The van der Waals surface area contributed by atoms with Gasteiger partial charge in [-0.2, -0.15) is 5.10 Å². The normalized spacial score (nSPS) is 11.9. The Morgan fingerprint density at radius 3 is 2.76 bits per heavy atom. The molecule has 0 radical (unpaired) electrons. The van der Waals surface area contributed by atoms with Crippen molar-refractivity contribution in [3.8, 4) is 11.3 Å². The molecule has 0 bridgehead atoms. The number of rotatable bonds is 7. The van der Waals surface area contributed by atoms with Gasteiger partial charge in [-0.1, -0.05) is 41.4 Å². The number of hydrogen-bond acceptors (Lipinski definition) is 5. The van der Waals surface area contributed by atoms with E-state index in [1.54, 1.807) is 32.1 Å². The van der Waals surface area contributed by atoms with Crippen molar-refractivity contribution >= 4 is 45.9 Å². The standard InChI is InChI=1S/C22H20Cl2N2O3/c1-3-7-19(22(27)28-4-2)26-25-13-15-11-16(23)10-14-12-20(29-21(14)15)17-8-5-6-9-18(17)24/h3,5-12,25H,4,13H2,1-2H3/b7-3+,26-19+. The van der Waals surface area contributed by atoms with E-state index in [2.05, 4.69) is 10.5 Å². The molecule has 7 heteroatoms. The average molecular weight is 431 g/mol. The monoisotopic (exact) mass is 430 g/mol. The topological polar surface area (TPSA) is 63.8 Å². The van der Waals surface area contributed by atoms with Crippen LogP contribution in [0.15, 0.2) is 64.1 Å². The molecule has 0 fully saturated rings. The summed E-state index contributed by atoms with van der Waals surface area (Å²) < 4.78 is 11.1. The Morgan fingerprint density at radius 2 is 2.03 bits per heavy atom. The summed E-state index contributed by atoms with van der Waals surface area (Å²) in [6.45, 7) is 4.14. The van der Waals surface area contributed by atoms with E-state index in [1.807, 2.05) is 36.4 Å². The molecule has 1 aromatic heterocycles. The summed E-state index contributed by atoms with van der Waals surface area (Å²) >= 11 is 12.6. The summed E-state index contributed by atoms with van der Waals surface area (Å²) in [5, 5.41) is 6.17. The highest BCUT2D eigenvalue weighted by Crippen LogP contribution is 2.35. The van der Waals surface area contributed by atoms with Crippen molar-refractivity contribution in [2.45, 2.75) is 20.4 Å². The van der Waals surface area contributed by atoms with Crippen LogP contribution >= 0.6 is 23.2 Å². The number of benzene rings is 2. The third kappa shape index (κ3) is 5.00. The molecule has 0 unspecified atom stereocenters. The van der Waals surface area contributed by atoms with Gasteiger partial charge < -0.3 is 14.6 Å². The number of carbonyl (C=O) groups excluding carboxylic acids is 1. The number of furan rings is 1. The maximum Gasteiger partial charge on any atom is 0.358 e. The Hall–Kier alpha value is -2.76. The number of nitrogens with zero attached hydrogens (tertiary/aromatic N) is 1. The Balaban J connectivity index is 1.90. The predicted octanol–water partition coefficient (Wildman–Crippen LogP) is 5.99. The summed E-state index contributed by atoms with van der Waals surface area (Å²) in [4.78, 5) is 11.9. The van der Waals surface area contributed by atoms with Crippen LogP contribution in [0.4, 0.5) is 0 Å². The van der Waals surface area contributed by atoms with Gasteiger partial charge in [0.25, 0.3) is 0 Å². The highest BCUT2D eigenvalue weighted by Gasteiger charge is 2.14. The molecule has 0 aliphatic rings. The first-order valence-electron chi connectivity index (χ1n) is 9.10. The Labute approximate surface area is 178 Å². The number of nitrogens with one attached hydrogen (secondary N) is 1. The smallest absolute Gasteiger partial charge is 0.358 e. The van der Waals surface area contributed by atoms with Crippen LogP contribution in [-0.4, -0.2) is 18.3 Å². The highest BCUT2D eigenvalue weighted by atomic mass is 35.5. The minimum Gasteiger partial charge on any atom is -0.461 e. The van der Waals surface area contributed by atoms with Gasteiger partial charge in [0, 0.05) is 21.5 Å². The second-order valence-corrected chi connectivity index (χ2v) is 6.97. The average Bonchev–Trinajstić information content (AvgIpc) is 3.11. The maximum atomic E-state index is 11.9. The van der Waals surface area contributed by atoms with Crippen LogP contribution in [0.5, 0.6) is 0 Å². The number of esters is 1. The lowest BCUT2D eigenvalue weighted by atomic mass is 10.1. The lowest BCUT2D eigenvalue weighted by Crippen LogP contribution is -2.19. The molecule has 3 rings (SSSR count). The van der Waals surface area contributed by atoms with Crippen molar-refractivity contribution in [3.63, 3.8) is 0 Å². The van der Waals surface area contributed by atoms with Crippen LogP contribution in [0, 0.1) is 0 Å². The van der Waals surface area contributed by atoms with Gasteiger partial charge in [0.2, 0.25) is 0 Å². The fourth-order valence-corrected chi connectivity index (χ4v) is 3.31. The number of halogens is 2. The van der Waals surface area contributed by atoms with Crippen molar-refractivity contribution in [2.24, 2.45) is 5.10 Å². The van der Waals surface area contributed by atoms with E-state index < -0.39 is 5.97 Å². The van der Waals surface area contributed by atoms with Crippen LogP contribution < -0.4 is 5.43 Å². The molecular formula is C22H20Cl2N2O3. The molecule has 0 amide bonds. The molecule has 5 nitrogen and oxygen atoms in total. The summed E-state index contributed by atoms with van der Waals surface area (Å²) in [6.07, 6.45) is 3.30. The zero-order valence-electron chi connectivity index (χ0n) is 16.0. The van der Waals surface area contributed by atoms with Gasteiger partial charge in [0.15, 0.2) is 5.71 Å². The first-order chi connectivity index (χ1) is 14.0. The van der Waals surface area contributed by atoms with Crippen molar-refractivity contribution < 1.29 is 13.9 Å². The molecule has 1 N–H and O–H groups in total. The van der Waals surface area contributed by atoms with Gasteiger partial charge in [0.1, 0.15) is 11.3 Å². The van der Waals surface area contributed by atoms with Gasteiger partial charge >= 0.3 is 5.97 Å². The predicted molar refractivity (Wildman–Crippen MR) is 117 cm³/mol. The van der Waals surface area contributed by atoms with E-state index in [0.717, 1.165) is 16.5 Å². The van der Waals surface area contributed by atoms with Crippen LogP contribution in [0.3, 0.4) is 0 Å². The SMILES string of the molecule is C/C=C/C(=N\NCc1cc(Cl)cc2cc(-c3ccccc3Cl)oc12)C(=O)OCC. The Morgan fingerprint density at radius 1 is 1.24 bits per heavy atom. The summed E-state index contributed by atoms with van der Waals surface area (Å²) in [7, 11) is 0. The minimum atomic E-state index is -0.492. The van der Waals surface area contributed by atoms with Gasteiger partial charge in [-0.05, 0) is 50.3 Å². The molecule has 0 saturated heterocycles.